The molecule has 3 heteroatoms. The average Bonchev–Trinajstić information content (AvgIpc) is 2.12. The quantitative estimate of drug-likeness (QED) is 0.592. The highest BCUT2D eigenvalue weighted by Crippen LogP contribution is 2.12. The normalized spacial score (nSPS) is 14.4. The van der Waals surface area contributed by atoms with Gasteiger partial charge in [0.2, 0.25) is 0 Å². The van der Waals surface area contributed by atoms with E-state index in [1.54, 1.807) is 13.8 Å². The Morgan fingerprint density at radius 1 is 0.786 bits per heavy atom. The van der Waals surface area contributed by atoms with E-state index in [4.69, 9.17) is 16.6 Å². The smallest absolute Gasteiger partial charge is 0.0618 e. The molecule has 0 aliphatic carbocycles. The molecule has 0 saturated heterocycles. The first-order valence-corrected chi connectivity index (χ1v) is 4.54. The van der Waals surface area contributed by atoms with E-state index in [0.717, 1.165) is 16.7 Å². The summed E-state index contributed by atoms with van der Waals surface area (Å²) in [5.41, 5.74) is 9.63. The number of hydrogen-bond acceptors (Lipinski definition) is 3. The Morgan fingerprint density at radius 3 is 1.50 bits per heavy atom. The summed E-state index contributed by atoms with van der Waals surface area (Å²) in [4.78, 5) is 0. The summed E-state index contributed by atoms with van der Waals surface area (Å²) in [6, 6.07) is 0. The Kier molecular flexibility index (Phi) is 4.28. The van der Waals surface area contributed by atoms with Crippen LogP contribution in [0, 0.1) is 10.8 Å². The van der Waals surface area contributed by atoms with Crippen molar-refractivity contribution in [3.05, 3.63) is 22.4 Å². The van der Waals surface area contributed by atoms with E-state index >= 15 is 0 Å². The van der Waals surface area contributed by atoms with Gasteiger partial charge in [-0.25, -0.2) is 0 Å². The lowest BCUT2D eigenvalue weighted by atomic mass is 9.98. The van der Waals surface area contributed by atoms with Crippen molar-refractivity contribution in [2.75, 3.05) is 0 Å². The van der Waals surface area contributed by atoms with Crippen LogP contribution in [0.3, 0.4) is 0 Å². The molecule has 0 aromatic rings. The summed E-state index contributed by atoms with van der Waals surface area (Å²) in [6.07, 6.45) is 0. The van der Waals surface area contributed by atoms with Crippen LogP contribution in [-0.4, -0.2) is 11.4 Å². The van der Waals surface area contributed by atoms with Crippen LogP contribution in [0.2, 0.25) is 0 Å². The lowest BCUT2D eigenvalue weighted by Gasteiger charge is -2.10. The third kappa shape index (κ3) is 2.83. The molecule has 4 N–H and O–H groups in total. The molecule has 0 saturated carbocycles. The second-order valence-corrected chi connectivity index (χ2v) is 3.56. The summed E-state index contributed by atoms with van der Waals surface area (Å²) in [7, 11) is 0. The summed E-state index contributed by atoms with van der Waals surface area (Å²) in [5.74, 6) is 0. The molecule has 0 aromatic carbocycles. The summed E-state index contributed by atoms with van der Waals surface area (Å²) >= 11 is 0. The van der Waals surface area contributed by atoms with E-state index < -0.39 is 0 Å². The van der Waals surface area contributed by atoms with Crippen molar-refractivity contribution in [1.82, 2.24) is 0 Å². The van der Waals surface area contributed by atoms with E-state index in [1.165, 1.54) is 0 Å². The molecule has 0 atom stereocenters. The molecule has 14 heavy (non-hydrogen) atoms. The monoisotopic (exact) mass is 193 g/mol. The third-order valence-electron chi connectivity index (χ3n) is 2.47. The summed E-state index contributed by atoms with van der Waals surface area (Å²) in [6.45, 7) is 9.03. The molecular formula is C11H19N3. The van der Waals surface area contributed by atoms with Crippen LogP contribution < -0.4 is 5.73 Å². The van der Waals surface area contributed by atoms with Gasteiger partial charge in [0.05, 0.1) is 5.71 Å². The Hall–Kier alpha value is -1.38. The van der Waals surface area contributed by atoms with Gasteiger partial charge in [-0.2, -0.15) is 0 Å². The number of nitrogens with two attached hydrogens (primary N) is 1. The lowest BCUT2D eigenvalue weighted by molar-refractivity contribution is 1.23. The van der Waals surface area contributed by atoms with Gasteiger partial charge in [-0.05, 0) is 51.3 Å². The van der Waals surface area contributed by atoms with E-state index in [0.29, 0.717) is 17.1 Å². The van der Waals surface area contributed by atoms with Gasteiger partial charge in [0.25, 0.3) is 0 Å². The molecule has 0 rings (SSSR count). The van der Waals surface area contributed by atoms with Gasteiger partial charge in [-0.15, -0.1) is 0 Å². The summed E-state index contributed by atoms with van der Waals surface area (Å²) in [5, 5.41) is 15.3. The number of allylic oxidation sites excluding steroid dienone is 4. The van der Waals surface area contributed by atoms with E-state index in [-0.39, 0.29) is 0 Å². The first kappa shape index (κ1) is 12.6. The Morgan fingerprint density at radius 2 is 1.21 bits per heavy atom. The van der Waals surface area contributed by atoms with Crippen LogP contribution in [0.25, 0.3) is 0 Å². The van der Waals surface area contributed by atoms with Crippen molar-refractivity contribution >= 4 is 11.4 Å². The Balaban J connectivity index is 5.19. The molecule has 0 bridgehead atoms. The maximum absolute atomic E-state index is 7.86. The molecule has 0 unspecified atom stereocenters. The third-order valence-corrected chi connectivity index (χ3v) is 2.47. The van der Waals surface area contributed by atoms with E-state index in [1.807, 2.05) is 20.8 Å². The number of nitrogens with one attached hydrogen (secondary N) is 2. The van der Waals surface area contributed by atoms with Gasteiger partial charge < -0.3 is 16.6 Å². The first-order chi connectivity index (χ1) is 6.29. The fraction of sp³-hybridized carbons (Fsp3) is 0.455. The van der Waals surface area contributed by atoms with Crippen molar-refractivity contribution < 1.29 is 0 Å². The number of hydrogen-bond donors (Lipinski definition) is 3. The fourth-order valence-electron chi connectivity index (χ4n) is 0.947. The predicted octanol–water partition coefficient (Wildman–Crippen LogP) is 2.63. The van der Waals surface area contributed by atoms with Crippen molar-refractivity contribution in [3.8, 4) is 0 Å². The highest BCUT2D eigenvalue weighted by molar-refractivity contribution is 6.14. The molecule has 0 fully saturated rings. The van der Waals surface area contributed by atoms with Gasteiger partial charge in [0, 0.05) is 11.4 Å². The second kappa shape index (κ2) is 4.74. The Bertz CT molecular complexity index is 328. The van der Waals surface area contributed by atoms with Gasteiger partial charge in [-0.3, -0.25) is 0 Å². The van der Waals surface area contributed by atoms with Crippen molar-refractivity contribution in [2.45, 2.75) is 34.6 Å². The molecular weight excluding hydrogens is 174 g/mol. The van der Waals surface area contributed by atoms with Crippen LogP contribution in [0.4, 0.5) is 0 Å². The number of rotatable bonds is 3. The largest absolute Gasteiger partial charge is 0.402 e. The lowest BCUT2D eigenvalue weighted by Crippen LogP contribution is -2.10. The van der Waals surface area contributed by atoms with Crippen molar-refractivity contribution in [3.63, 3.8) is 0 Å². The summed E-state index contributed by atoms with van der Waals surface area (Å²) < 4.78 is 0. The zero-order valence-electron chi connectivity index (χ0n) is 9.58. The minimum atomic E-state index is 0.425. The first-order valence-electron chi connectivity index (χ1n) is 4.54. The van der Waals surface area contributed by atoms with Crippen molar-refractivity contribution in [2.24, 2.45) is 5.73 Å². The van der Waals surface area contributed by atoms with Crippen LogP contribution in [-0.2, 0) is 0 Å². The van der Waals surface area contributed by atoms with Crippen LogP contribution in [0.1, 0.15) is 34.6 Å². The standard InChI is InChI=1S/C11H19N3/c1-6(9(4)12)7(2)11(14)8(3)10(5)13/h12,14H,13H2,1-5H3/b7-6+,10-8?,12-9?,14-11?. The molecule has 78 valence electrons. The molecule has 0 spiro atoms. The Labute approximate surface area is 85.7 Å². The topological polar surface area (TPSA) is 73.7 Å². The molecule has 3 nitrogen and oxygen atoms in total. The van der Waals surface area contributed by atoms with Crippen molar-refractivity contribution in [1.29, 1.82) is 10.8 Å². The molecule has 0 aliphatic heterocycles. The minimum absolute atomic E-state index is 0.425. The maximum Gasteiger partial charge on any atom is 0.0618 e. The van der Waals surface area contributed by atoms with Crippen LogP contribution in [0.15, 0.2) is 22.4 Å². The molecule has 0 amide bonds. The highest BCUT2D eigenvalue weighted by atomic mass is 14.6. The van der Waals surface area contributed by atoms with Gasteiger partial charge in [0.1, 0.15) is 0 Å². The SMILES string of the molecule is CC(=N)/C(C)=C(\C)C(=N)C(C)=C(C)N. The maximum atomic E-state index is 7.86. The zero-order chi connectivity index (χ0) is 11.5. The van der Waals surface area contributed by atoms with Gasteiger partial charge in [0.15, 0.2) is 0 Å². The van der Waals surface area contributed by atoms with Gasteiger partial charge in [-0.1, -0.05) is 0 Å². The fourth-order valence-corrected chi connectivity index (χ4v) is 0.947. The van der Waals surface area contributed by atoms with E-state index in [9.17, 15) is 0 Å². The second-order valence-electron chi connectivity index (χ2n) is 3.56. The zero-order valence-corrected chi connectivity index (χ0v) is 9.58. The minimum Gasteiger partial charge on any atom is -0.402 e. The highest BCUT2D eigenvalue weighted by Gasteiger charge is 2.08. The average molecular weight is 193 g/mol. The predicted molar refractivity (Wildman–Crippen MR) is 62.1 cm³/mol. The van der Waals surface area contributed by atoms with Crippen LogP contribution in [0.5, 0.6) is 0 Å². The molecule has 0 aliphatic rings. The van der Waals surface area contributed by atoms with Gasteiger partial charge >= 0.3 is 0 Å². The van der Waals surface area contributed by atoms with Crippen LogP contribution >= 0.6 is 0 Å². The molecule has 0 aromatic heterocycles. The molecule has 0 heterocycles. The van der Waals surface area contributed by atoms with E-state index in [2.05, 4.69) is 0 Å². The molecule has 0 radical (unpaired) electrons.